The van der Waals surface area contributed by atoms with Crippen LogP contribution in [0.25, 0.3) is 0 Å². The van der Waals surface area contributed by atoms with Gasteiger partial charge in [0.05, 0.1) is 0 Å². The molecule has 116 valence electrons. The molecule has 0 amide bonds. The largest absolute Gasteiger partial charge is 0.316 e. The van der Waals surface area contributed by atoms with Crippen LogP contribution in [-0.4, -0.2) is 37.1 Å². The molecule has 1 aliphatic heterocycles. The first-order chi connectivity index (χ1) is 8.40. The number of halogens is 2. The van der Waals surface area contributed by atoms with E-state index >= 15 is 0 Å². The van der Waals surface area contributed by atoms with Gasteiger partial charge >= 0.3 is 0 Å². The highest BCUT2D eigenvalue weighted by atomic mass is 35.5. The van der Waals surface area contributed by atoms with Gasteiger partial charge in [0.1, 0.15) is 0 Å². The third-order valence-electron chi connectivity index (χ3n) is 4.72. The molecule has 1 N–H and O–H groups in total. The van der Waals surface area contributed by atoms with Crippen LogP contribution in [0.5, 0.6) is 0 Å². The zero-order valence-electron chi connectivity index (χ0n) is 12.4. The SMILES string of the molecule is CCN(CCC1CCCNC1)C1CCCCC1.Cl.Cl. The van der Waals surface area contributed by atoms with Crippen LogP contribution in [-0.2, 0) is 0 Å². The minimum Gasteiger partial charge on any atom is -0.316 e. The van der Waals surface area contributed by atoms with Crippen LogP contribution < -0.4 is 5.32 Å². The lowest BCUT2D eigenvalue weighted by Crippen LogP contribution is -2.39. The van der Waals surface area contributed by atoms with Crippen molar-refractivity contribution in [2.24, 2.45) is 5.92 Å². The molecule has 0 aromatic carbocycles. The van der Waals surface area contributed by atoms with Gasteiger partial charge in [-0.15, -0.1) is 24.8 Å². The van der Waals surface area contributed by atoms with Crippen molar-refractivity contribution in [1.82, 2.24) is 10.2 Å². The summed E-state index contributed by atoms with van der Waals surface area (Å²) in [6.07, 6.45) is 11.6. The van der Waals surface area contributed by atoms with Crippen LogP contribution in [0.1, 0.15) is 58.3 Å². The molecule has 0 spiro atoms. The van der Waals surface area contributed by atoms with Crippen LogP contribution in [0.2, 0.25) is 0 Å². The molecule has 1 unspecified atom stereocenters. The predicted molar refractivity (Wildman–Crippen MR) is 88.8 cm³/mol. The third-order valence-corrected chi connectivity index (χ3v) is 4.72. The van der Waals surface area contributed by atoms with Gasteiger partial charge in [-0.1, -0.05) is 26.2 Å². The minimum atomic E-state index is 0. The minimum absolute atomic E-state index is 0. The van der Waals surface area contributed by atoms with Gasteiger partial charge in [0, 0.05) is 6.04 Å². The normalized spacial score (nSPS) is 24.6. The maximum Gasteiger partial charge on any atom is 0.00951 e. The lowest BCUT2D eigenvalue weighted by molar-refractivity contribution is 0.150. The Labute approximate surface area is 131 Å². The molecular weight excluding hydrogens is 279 g/mol. The van der Waals surface area contributed by atoms with Crippen molar-refractivity contribution in [3.63, 3.8) is 0 Å². The molecule has 0 bridgehead atoms. The average molecular weight is 311 g/mol. The maximum atomic E-state index is 3.54. The molecule has 1 saturated heterocycles. The van der Waals surface area contributed by atoms with E-state index in [2.05, 4.69) is 17.1 Å². The van der Waals surface area contributed by atoms with Gasteiger partial charge in [-0.3, -0.25) is 0 Å². The summed E-state index contributed by atoms with van der Waals surface area (Å²) in [7, 11) is 0. The van der Waals surface area contributed by atoms with Gasteiger partial charge in [0.2, 0.25) is 0 Å². The first kappa shape index (κ1) is 19.5. The molecule has 0 aromatic rings. The van der Waals surface area contributed by atoms with Gasteiger partial charge in [-0.05, 0) is 64.2 Å². The van der Waals surface area contributed by atoms with E-state index in [-0.39, 0.29) is 24.8 Å². The molecule has 1 atom stereocenters. The zero-order chi connectivity index (χ0) is 11.9. The van der Waals surface area contributed by atoms with Crippen molar-refractivity contribution in [3.05, 3.63) is 0 Å². The van der Waals surface area contributed by atoms with E-state index in [1.165, 1.54) is 77.5 Å². The van der Waals surface area contributed by atoms with Gasteiger partial charge in [0.25, 0.3) is 0 Å². The molecule has 1 aliphatic carbocycles. The lowest BCUT2D eigenvalue weighted by Gasteiger charge is -2.35. The van der Waals surface area contributed by atoms with Gasteiger partial charge in [0.15, 0.2) is 0 Å². The lowest BCUT2D eigenvalue weighted by atomic mass is 9.92. The summed E-state index contributed by atoms with van der Waals surface area (Å²) in [5.41, 5.74) is 0. The maximum absolute atomic E-state index is 3.54. The van der Waals surface area contributed by atoms with Crippen molar-refractivity contribution in [2.75, 3.05) is 26.2 Å². The second kappa shape index (κ2) is 11.2. The van der Waals surface area contributed by atoms with Crippen molar-refractivity contribution in [3.8, 4) is 0 Å². The average Bonchev–Trinajstić information content (AvgIpc) is 2.42. The topological polar surface area (TPSA) is 15.3 Å². The van der Waals surface area contributed by atoms with Gasteiger partial charge in [-0.25, -0.2) is 0 Å². The zero-order valence-corrected chi connectivity index (χ0v) is 14.0. The van der Waals surface area contributed by atoms with Crippen LogP contribution in [0.4, 0.5) is 0 Å². The summed E-state index contributed by atoms with van der Waals surface area (Å²) in [5.74, 6) is 0.946. The Bertz CT molecular complexity index is 202. The molecule has 1 saturated carbocycles. The Balaban J connectivity index is 0.00000162. The molecule has 2 nitrogen and oxygen atoms in total. The Kier molecular flexibility index (Phi) is 11.5. The van der Waals surface area contributed by atoms with Gasteiger partial charge < -0.3 is 10.2 Å². The fraction of sp³-hybridized carbons (Fsp3) is 1.00. The van der Waals surface area contributed by atoms with E-state index in [9.17, 15) is 0 Å². The van der Waals surface area contributed by atoms with Crippen LogP contribution >= 0.6 is 24.8 Å². The van der Waals surface area contributed by atoms with E-state index < -0.39 is 0 Å². The number of piperidine rings is 1. The van der Waals surface area contributed by atoms with Crippen molar-refractivity contribution < 1.29 is 0 Å². The Morgan fingerprint density at radius 3 is 2.32 bits per heavy atom. The Morgan fingerprint density at radius 1 is 1.00 bits per heavy atom. The van der Waals surface area contributed by atoms with E-state index in [4.69, 9.17) is 0 Å². The first-order valence-corrected chi connectivity index (χ1v) is 7.85. The number of rotatable bonds is 5. The second-order valence-corrected chi connectivity index (χ2v) is 5.92. The smallest absolute Gasteiger partial charge is 0.00951 e. The summed E-state index contributed by atoms with van der Waals surface area (Å²) >= 11 is 0. The predicted octanol–water partition coefficient (Wildman–Crippen LogP) is 3.87. The number of nitrogens with zero attached hydrogens (tertiary/aromatic N) is 1. The second-order valence-electron chi connectivity index (χ2n) is 5.92. The number of hydrogen-bond acceptors (Lipinski definition) is 2. The first-order valence-electron chi connectivity index (χ1n) is 7.85. The van der Waals surface area contributed by atoms with Crippen LogP contribution in [0.15, 0.2) is 0 Å². The molecule has 2 aliphatic rings. The van der Waals surface area contributed by atoms with Crippen molar-refractivity contribution >= 4 is 24.8 Å². The highest BCUT2D eigenvalue weighted by Crippen LogP contribution is 2.23. The summed E-state index contributed by atoms with van der Waals surface area (Å²) in [4.78, 5) is 2.76. The molecule has 2 fully saturated rings. The molecule has 1 heterocycles. The molecule has 2 rings (SSSR count). The molecule has 0 aromatic heterocycles. The van der Waals surface area contributed by atoms with E-state index in [0.29, 0.717) is 0 Å². The van der Waals surface area contributed by atoms with Crippen molar-refractivity contribution in [2.45, 2.75) is 64.3 Å². The monoisotopic (exact) mass is 310 g/mol. The summed E-state index contributed by atoms with van der Waals surface area (Å²) in [6.45, 7) is 7.45. The Hall–Kier alpha value is 0.500. The highest BCUT2D eigenvalue weighted by molar-refractivity contribution is 5.85. The van der Waals surface area contributed by atoms with Gasteiger partial charge in [-0.2, -0.15) is 0 Å². The molecule has 19 heavy (non-hydrogen) atoms. The fourth-order valence-corrected chi connectivity index (χ4v) is 3.56. The molecular formula is C15H32Cl2N2. The molecule has 4 heteroatoms. The van der Waals surface area contributed by atoms with E-state index in [1.54, 1.807) is 0 Å². The summed E-state index contributed by atoms with van der Waals surface area (Å²) in [5, 5.41) is 3.54. The van der Waals surface area contributed by atoms with Crippen molar-refractivity contribution in [1.29, 1.82) is 0 Å². The van der Waals surface area contributed by atoms with Crippen LogP contribution in [0.3, 0.4) is 0 Å². The standard InChI is InChI=1S/C15H30N2.2ClH/c1-2-17(15-8-4-3-5-9-15)12-10-14-7-6-11-16-13-14;;/h14-16H,2-13H2,1H3;2*1H. The fourth-order valence-electron chi connectivity index (χ4n) is 3.56. The van der Waals surface area contributed by atoms with E-state index in [1.807, 2.05) is 0 Å². The van der Waals surface area contributed by atoms with E-state index in [0.717, 1.165) is 12.0 Å². The molecule has 0 radical (unpaired) electrons. The number of nitrogens with one attached hydrogen (secondary N) is 1. The van der Waals surface area contributed by atoms with Crippen LogP contribution in [0, 0.1) is 5.92 Å². The summed E-state index contributed by atoms with van der Waals surface area (Å²) in [6, 6.07) is 0.908. The number of hydrogen-bond donors (Lipinski definition) is 1. The Morgan fingerprint density at radius 2 is 1.74 bits per heavy atom. The third kappa shape index (κ3) is 6.66. The quantitative estimate of drug-likeness (QED) is 0.829. The summed E-state index contributed by atoms with van der Waals surface area (Å²) < 4.78 is 0. The highest BCUT2D eigenvalue weighted by Gasteiger charge is 2.21.